The van der Waals surface area contributed by atoms with Crippen LogP contribution in [0.25, 0.3) is 0 Å². The Morgan fingerprint density at radius 3 is 2.29 bits per heavy atom. The van der Waals surface area contributed by atoms with Gasteiger partial charge in [0.05, 0.1) is 5.69 Å². The summed E-state index contributed by atoms with van der Waals surface area (Å²) in [6.07, 6.45) is 1.61. The van der Waals surface area contributed by atoms with Crippen LogP contribution >= 0.6 is 0 Å². The summed E-state index contributed by atoms with van der Waals surface area (Å²) in [4.78, 5) is 24.1. The molecule has 8 heteroatoms. The number of fused-ring (bicyclic) bond motifs is 1. The third-order valence-corrected chi connectivity index (χ3v) is 1.43. The number of hydrogen-bond acceptors (Lipinski definition) is 5. The van der Waals surface area contributed by atoms with E-state index in [1.54, 1.807) is 12.3 Å². The summed E-state index contributed by atoms with van der Waals surface area (Å²) < 4.78 is 0. The highest BCUT2D eigenvalue weighted by molar-refractivity contribution is 6.51. The van der Waals surface area contributed by atoms with Gasteiger partial charge in [-0.25, -0.2) is 0 Å². The maximum atomic E-state index is 10.8. The van der Waals surface area contributed by atoms with E-state index in [4.69, 9.17) is 15.1 Å². The van der Waals surface area contributed by atoms with Crippen LogP contribution in [0.3, 0.4) is 0 Å². The van der Waals surface area contributed by atoms with Crippen molar-refractivity contribution in [3.63, 3.8) is 0 Å². The van der Waals surface area contributed by atoms with Gasteiger partial charge in [-0.1, -0.05) is 0 Å². The zero-order chi connectivity index (χ0) is 10.7. The van der Waals surface area contributed by atoms with Gasteiger partial charge in [-0.2, -0.15) is 0 Å². The molecule has 2 rings (SSSR count). The van der Waals surface area contributed by atoms with Gasteiger partial charge in [0.2, 0.25) is 0 Å². The number of anilines is 1. The van der Waals surface area contributed by atoms with Gasteiger partial charge in [-0.15, -0.1) is 0 Å². The molecule has 1 aromatic heterocycles. The molecule has 0 fully saturated rings. The van der Waals surface area contributed by atoms with E-state index >= 15 is 0 Å². The Kier molecular flexibility index (Phi) is 3.02. The molecule has 0 bridgehead atoms. The molecule has 5 N–H and O–H groups in total. The maximum Gasteiger partial charge on any atom is 0.631 e. The lowest BCUT2D eigenvalue weighted by Gasteiger charge is -1.83. The molecule has 14 heavy (non-hydrogen) atoms. The van der Waals surface area contributed by atoms with Gasteiger partial charge in [0.1, 0.15) is 5.69 Å². The zero-order valence-corrected chi connectivity index (χ0v) is 6.89. The lowest BCUT2D eigenvalue weighted by molar-refractivity contribution is -0.112. The molecule has 0 spiro atoms. The number of Topliss-reactive ketones (excluding diaryl/α,β-unsaturated/α-hetero) is 1. The Hall–Kier alpha value is -1.64. The molecule has 1 aliphatic heterocycles. The highest BCUT2D eigenvalue weighted by Crippen LogP contribution is 2.19. The quantitative estimate of drug-likeness (QED) is 0.246. The van der Waals surface area contributed by atoms with Crippen LogP contribution in [0.5, 0.6) is 0 Å². The van der Waals surface area contributed by atoms with Gasteiger partial charge in [0.25, 0.3) is 11.7 Å². The molecule has 74 valence electrons. The van der Waals surface area contributed by atoms with Crippen molar-refractivity contribution < 1.29 is 24.7 Å². The number of aromatic nitrogens is 1. The monoisotopic (exact) mass is 198 g/mol. The first-order valence-electron chi connectivity index (χ1n) is 3.59. The fourth-order valence-corrected chi connectivity index (χ4v) is 0.954. The fraction of sp³-hybridized carbons (Fsp3) is 0. The van der Waals surface area contributed by atoms with Crippen LogP contribution in [0.15, 0.2) is 12.3 Å². The van der Waals surface area contributed by atoms with E-state index in [0.717, 1.165) is 0 Å². The molecule has 0 radical (unpaired) electrons. The second-order valence-electron chi connectivity index (χ2n) is 2.40. The van der Waals surface area contributed by atoms with Crippen molar-refractivity contribution in [1.29, 1.82) is 0 Å². The maximum absolute atomic E-state index is 10.8. The van der Waals surface area contributed by atoms with Crippen LogP contribution in [-0.2, 0) is 4.79 Å². The summed E-state index contributed by atoms with van der Waals surface area (Å²) in [7, 11) is -2.17. The second kappa shape index (κ2) is 4.05. The highest BCUT2D eigenvalue weighted by Gasteiger charge is 2.28. The minimum atomic E-state index is -2.17. The lowest BCUT2D eigenvalue weighted by atomic mass is 10.3. The van der Waals surface area contributed by atoms with E-state index < -0.39 is 19.0 Å². The van der Waals surface area contributed by atoms with Crippen molar-refractivity contribution in [3.05, 3.63) is 18.0 Å². The molecule has 1 aromatic rings. The Labute approximate surface area is 78.6 Å². The lowest BCUT2D eigenvalue weighted by Crippen LogP contribution is -2.13. The van der Waals surface area contributed by atoms with Gasteiger partial charge in [0, 0.05) is 6.20 Å². The van der Waals surface area contributed by atoms with Crippen molar-refractivity contribution in [1.82, 2.24) is 4.98 Å². The van der Waals surface area contributed by atoms with Crippen LogP contribution in [-0.4, -0.2) is 39.1 Å². The first-order valence-corrected chi connectivity index (χ1v) is 3.59. The van der Waals surface area contributed by atoms with Gasteiger partial charge >= 0.3 is 7.32 Å². The van der Waals surface area contributed by atoms with Gasteiger partial charge < -0.3 is 25.4 Å². The first kappa shape index (κ1) is 10.4. The molecule has 2 heterocycles. The molecule has 0 aliphatic carbocycles. The van der Waals surface area contributed by atoms with Gasteiger partial charge in [-0.3, -0.25) is 9.59 Å². The summed E-state index contributed by atoms with van der Waals surface area (Å²) in [5.74, 6) is -1.04. The smallest absolute Gasteiger partial charge is 0.402 e. The van der Waals surface area contributed by atoms with Crippen molar-refractivity contribution in [3.8, 4) is 0 Å². The molecule has 0 atom stereocenters. The molecular weight excluding hydrogens is 191 g/mol. The van der Waals surface area contributed by atoms with Crippen molar-refractivity contribution in [2.75, 3.05) is 5.32 Å². The summed E-state index contributed by atoms with van der Waals surface area (Å²) in [6, 6.07) is 1.65. The molecular formula is C6H7BN2O5. The number of nitrogens with one attached hydrogen (secondary N) is 2. The third-order valence-electron chi connectivity index (χ3n) is 1.43. The summed E-state index contributed by atoms with van der Waals surface area (Å²) in [6.45, 7) is 0. The number of ketones is 1. The Bertz CT molecular complexity index is 358. The molecule has 0 unspecified atom stereocenters. The first-order chi connectivity index (χ1) is 6.52. The Balaban J connectivity index is 0.000000213. The van der Waals surface area contributed by atoms with Crippen LogP contribution in [0, 0.1) is 0 Å². The van der Waals surface area contributed by atoms with E-state index in [1.165, 1.54) is 0 Å². The van der Waals surface area contributed by atoms with E-state index in [9.17, 15) is 9.59 Å². The van der Waals surface area contributed by atoms with E-state index in [2.05, 4.69) is 10.3 Å². The number of hydrogen-bond donors (Lipinski definition) is 5. The zero-order valence-electron chi connectivity index (χ0n) is 6.89. The number of amides is 1. The molecule has 0 aromatic carbocycles. The number of carbonyl (C=O) groups is 2. The minimum Gasteiger partial charge on any atom is -0.402 e. The normalized spacial score (nSPS) is 12.8. The van der Waals surface area contributed by atoms with Crippen LogP contribution in [0.1, 0.15) is 10.5 Å². The van der Waals surface area contributed by atoms with E-state index in [1.807, 2.05) is 0 Å². The van der Waals surface area contributed by atoms with Crippen LogP contribution in [0.4, 0.5) is 5.69 Å². The average Bonchev–Trinajstić information content (AvgIpc) is 2.57. The molecule has 1 amide bonds. The van der Waals surface area contributed by atoms with Crippen molar-refractivity contribution in [2.24, 2.45) is 0 Å². The summed E-state index contributed by atoms with van der Waals surface area (Å²) >= 11 is 0. The van der Waals surface area contributed by atoms with Gasteiger partial charge in [0.15, 0.2) is 0 Å². The largest absolute Gasteiger partial charge is 0.631 e. The van der Waals surface area contributed by atoms with Crippen molar-refractivity contribution in [2.45, 2.75) is 0 Å². The predicted molar refractivity (Wildman–Crippen MR) is 46.2 cm³/mol. The number of H-pyrrole nitrogens is 1. The minimum absolute atomic E-state index is 0.366. The standard InChI is InChI=1S/C6H4N2O2.BH3O3/c9-5-4-3(1-2-7-4)8-6(5)10;2-1(3)4/h1-2,7H,(H,8,9,10);2-4H. The molecule has 1 aliphatic rings. The fourth-order valence-electron chi connectivity index (χ4n) is 0.954. The predicted octanol–water partition coefficient (Wildman–Crippen LogP) is -1.90. The Morgan fingerprint density at radius 1 is 1.21 bits per heavy atom. The van der Waals surface area contributed by atoms with E-state index in [0.29, 0.717) is 11.4 Å². The van der Waals surface area contributed by atoms with Crippen LogP contribution in [0.2, 0.25) is 0 Å². The number of carbonyl (C=O) groups excluding carboxylic acids is 2. The van der Waals surface area contributed by atoms with Crippen molar-refractivity contribution >= 4 is 24.7 Å². The van der Waals surface area contributed by atoms with Crippen LogP contribution < -0.4 is 5.32 Å². The molecule has 7 nitrogen and oxygen atoms in total. The summed E-state index contributed by atoms with van der Waals surface area (Å²) in [5.41, 5.74) is 0.944. The summed E-state index contributed by atoms with van der Waals surface area (Å²) in [5, 5.41) is 23.9. The SMILES string of the molecule is O=C1Nc2cc[nH]c2C1=O.OB(O)O. The van der Waals surface area contributed by atoms with Gasteiger partial charge in [-0.05, 0) is 6.07 Å². The highest BCUT2D eigenvalue weighted by atomic mass is 16.5. The average molecular weight is 198 g/mol. The Morgan fingerprint density at radius 2 is 1.79 bits per heavy atom. The number of rotatable bonds is 0. The molecule has 0 saturated heterocycles. The second-order valence-corrected chi connectivity index (χ2v) is 2.40. The van der Waals surface area contributed by atoms with E-state index in [-0.39, 0.29) is 0 Å². The molecule has 0 saturated carbocycles. The topological polar surface area (TPSA) is 123 Å². The number of aromatic amines is 1. The third kappa shape index (κ3) is 2.19.